The standard InChI is InChI=1S/C27H22Br2N2O5/c1-3-35-23-14-18(13-21(29)24(23)36-15-17-7-5-4-6-8-17)12-20-25(32)30-27(34)31(26(20)33)22-10-9-19(28)11-16(22)2/h4-14H,3,15H2,1-2H3,(H,30,32,34)/b20-12-. The maximum absolute atomic E-state index is 13.3. The zero-order valence-electron chi connectivity index (χ0n) is 19.5. The fourth-order valence-electron chi connectivity index (χ4n) is 3.72. The lowest BCUT2D eigenvalue weighted by Crippen LogP contribution is -2.54. The normalized spacial score (nSPS) is 14.7. The second kappa shape index (κ2) is 11.1. The summed E-state index contributed by atoms with van der Waals surface area (Å²) >= 11 is 6.90. The Kier molecular flexibility index (Phi) is 7.91. The third-order valence-electron chi connectivity index (χ3n) is 5.37. The van der Waals surface area contributed by atoms with Crippen molar-refractivity contribution in [2.45, 2.75) is 20.5 Å². The van der Waals surface area contributed by atoms with E-state index in [0.29, 0.717) is 46.0 Å². The largest absolute Gasteiger partial charge is 0.490 e. The molecule has 1 N–H and O–H groups in total. The molecule has 0 aliphatic carbocycles. The number of nitrogens with zero attached hydrogens (tertiary/aromatic N) is 1. The van der Waals surface area contributed by atoms with Crippen molar-refractivity contribution in [3.63, 3.8) is 0 Å². The Morgan fingerprint density at radius 3 is 2.42 bits per heavy atom. The van der Waals surface area contributed by atoms with E-state index in [1.54, 1.807) is 37.3 Å². The molecule has 1 saturated heterocycles. The van der Waals surface area contributed by atoms with Gasteiger partial charge in [-0.1, -0.05) is 46.3 Å². The van der Waals surface area contributed by atoms with Crippen LogP contribution in [-0.2, 0) is 16.2 Å². The number of anilines is 1. The van der Waals surface area contributed by atoms with Crippen LogP contribution in [0.1, 0.15) is 23.6 Å². The first-order valence-corrected chi connectivity index (χ1v) is 12.7. The minimum absolute atomic E-state index is 0.177. The Balaban J connectivity index is 1.68. The monoisotopic (exact) mass is 612 g/mol. The Morgan fingerprint density at radius 1 is 0.972 bits per heavy atom. The van der Waals surface area contributed by atoms with Crippen LogP contribution in [-0.4, -0.2) is 24.5 Å². The van der Waals surface area contributed by atoms with Crippen LogP contribution in [0.15, 0.2) is 75.2 Å². The molecule has 0 aromatic heterocycles. The fourth-order valence-corrected chi connectivity index (χ4v) is 4.77. The van der Waals surface area contributed by atoms with E-state index in [-0.39, 0.29) is 5.57 Å². The molecule has 0 bridgehead atoms. The smallest absolute Gasteiger partial charge is 0.335 e. The van der Waals surface area contributed by atoms with Crippen LogP contribution >= 0.6 is 31.9 Å². The number of barbiturate groups is 1. The summed E-state index contributed by atoms with van der Waals surface area (Å²) in [6.07, 6.45) is 1.43. The molecule has 0 saturated carbocycles. The van der Waals surface area contributed by atoms with E-state index < -0.39 is 17.8 Å². The number of imide groups is 2. The average molecular weight is 614 g/mol. The second-order valence-electron chi connectivity index (χ2n) is 7.93. The molecular formula is C27H22Br2N2O5. The molecular weight excluding hydrogens is 592 g/mol. The SMILES string of the molecule is CCOc1cc(/C=C2/C(=O)NC(=O)N(c3ccc(Br)cc3C)C2=O)cc(Br)c1OCc1ccccc1. The average Bonchev–Trinajstić information content (AvgIpc) is 2.83. The van der Waals surface area contributed by atoms with Gasteiger partial charge in [0.05, 0.1) is 16.8 Å². The topological polar surface area (TPSA) is 84.9 Å². The van der Waals surface area contributed by atoms with Crippen LogP contribution in [0.25, 0.3) is 6.08 Å². The van der Waals surface area contributed by atoms with Crippen molar-refractivity contribution in [3.05, 3.63) is 91.9 Å². The van der Waals surface area contributed by atoms with Crippen molar-refractivity contribution >= 4 is 61.5 Å². The van der Waals surface area contributed by atoms with Gasteiger partial charge in [0.1, 0.15) is 12.2 Å². The molecule has 1 aliphatic rings. The van der Waals surface area contributed by atoms with E-state index in [1.807, 2.05) is 37.3 Å². The van der Waals surface area contributed by atoms with Crippen LogP contribution in [0.2, 0.25) is 0 Å². The van der Waals surface area contributed by atoms with Gasteiger partial charge >= 0.3 is 6.03 Å². The molecule has 1 heterocycles. The second-order valence-corrected chi connectivity index (χ2v) is 9.70. The molecule has 3 aromatic carbocycles. The number of aryl methyl sites for hydroxylation is 1. The number of hydrogen-bond acceptors (Lipinski definition) is 5. The lowest BCUT2D eigenvalue weighted by Gasteiger charge is -2.27. The molecule has 1 fully saturated rings. The van der Waals surface area contributed by atoms with Gasteiger partial charge in [0.15, 0.2) is 11.5 Å². The quantitative estimate of drug-likeness (QED) is 0.255. The molecule has 4 rings (SSSR count). The number of ether oxygens (including phenoxy) is 2. The van der Waals surface area contributed by atoms with Crippen molar-refractivity contribution in [1.82, 2.24) is 5.32 Å². The zero-order valence-corrected chi connectivity index (χ0v) is 22.7. The van der Waals surface area contributed by atoms with Gasteiger partial charge in [0, 0.05) is 4.47 Å². The summed E-state index contributed by atoms with van der Waals surface area (Å²) in [5.41, 5.74) is 2.43. The van der Waals surface area contributed by atoms with Crippen molar-refractivity contribution in [1.29, 1.82) is 0 Å². The van der Waals surface area contributed by atoms with Crippen molar-refractivity contribution in [3.8, 4) is 11.5 Å². The molecule has 184 valence electrons. The van der Waals surface area contributed by atoms with Crippen molar-refractivity contribution < 1.29 is 23.9 Å². The van der Waals surface area contributed by atoms with Crippen LogP contribution in [0.3, 0.4) is 0 Å². The number of carbonyl (C=O) groups excluding carboxylic acids is 3. The first-order valence-electron chi connectivity index (χ1n) is 11.1. The number of benzene rings is 3. The molecule has 1 aliphatic heterocycles. The first-order chi connectivity index (χ1) is 17.3. The molecule has 0 atom stereocenters. The molecule has 3 aromatic rings. The van der Waals surface area contributed by atoms with Gasteiger partial charge in [-0.3, -0.25) is 14.9 Å². The van der Waals surface area contributed by atoms with Crippen LogP contribution in [0, 0.1) is 6.92 Å². The van der Waals surface area contributed by atoms with Crippen LogP contribution < -0.4 is 19.7 Å². The Morgan fingerprint density at radius 2 is 1.72 bits per heavy atom. The van der Waals surface area contributed by atoms with E-state index in [4.69, 9.17) is 9.47 Å². The highest BCUT2D eigenvalue weighted by atomic mass is 79.9. The summed E-state index contributed by atoms with van der Waals surface area (Å²) in [5, 5.41) is 2.25. The summed E-state index contributed by atoms with van der Waals surface area (Å²) in [6.45, 7) is 4.35. The van der Waals surface area contributed by atoms with Gasteiger partial charge < -0.3 is 9.47 Å². The summed E-state index contributed by atoms with van der Waals surface area (Å²) in [4.78, 5) is 39.5. The van der Waals surface area contributed by atoms with Gasteiger partial charge in [-0.2, -0.15) is 0 Å². The summed E-state index contributed by atoms with van der Waals surface area (Å²) in [5.74, 6) is -0.526. The van der Waals surface area contributed by atoms with Crippen molar-refractivity contribution in [2.75, 3.05) is 11.5 Å². The predicted octanol–water partition coefficient (Wildman–Crippen LogP) is 6.16. The summed E-state index contributed by atoms with van der Waals surface area (Å²) in [6, 6.07) is 17.5. The van der Waals surface area contributed by atoms with E-state index in [0.717, 1.165) is 14.9 Å². The Hall–Kier alpha value is -3.43. The lowest BCUT2D eigenvalue weighted by molar-refractivity contribution is -0.122. The minimum Gasteiger partial charge on any atom is -0.490 e. The number of rotatable bonds is 7. The number of carbonyl (C=O) groups is 3. The molecule has 9 heteroatoms. The van der Waals surface area contributed by atoms with Crippen LogP contribution in [0.5, 0.6) is 11.5 Å². The number of halogens is 2. The third kappa shape index (κ3) is 5.52. The van der Waals surface area contributed by atoms with E-state index in [2.05, 4.69) is 37.2 Å². The molecule has 0 unspecified atom stereocenters. The van der Waals surface area contributed by atoms with Crippen LogP contribution in [0.4, 0.5) is 10.5 Å². The van der Waals surface area contributed by atoms with Gasteiger partial charge in [-0.15, -0.1) is 0 Å². The Labute approximate surface area is 225 Å². The van der Waals surface area contributed by atoms with Gasteiger partial charge in [-0.05, 0) is 82.9 Å². The number of hydrogen-bond donors (Lipinski definition) is 1. The summed E-state index contributed by atoms with van der Waals surface area (Å²) in [7, 11) is 0. The predicted molar refractivity (Wildman–Crippen MR) is 144 cm³/mol. The lowest BCUT2D eigenvalue weighted by atomic mass is 10.1. The number of nitrogens with one attached hydrogen (secondary N) is 1. The first kappa shape index (κ1) is 25.7. The van der Waals surface area contributed by atoms with E-state index in [1.165, 1.54) is 6.08 Å². The third-order valence-corrected chi connectivity index (χ3v) is 6.45. The van der Waals surface area contributed by atoms with Gasteiger partial charge in [-0.25, -0.2) is 9.69 Å². The highest BCUT2D eigenvalue weighted by molar-refractivity contribution is 9.10. The zero-order chi connectivity index (χ0) is 25.8. The van der Waals surface area contributed by atoms with Gasteiger partial charge in [0.25, 0.3) is 11.8 Å². The summed E-state index contributed by atoms with van der Waals surface area (Å²) < 4.78 is 13.2. The maximum Gasteiger partial charge on any atom is 0.335 e. The minimum atomic E-state index is -0.798. The highest BCUT2D eigenvalue weighted by Gasteiger charge is 2.37. The van der Waals surface area contributed by atoms with Gasteiger partial charge in [0.2, 0.25) is 0 Å². The molecule has 0 spiro atoms. The number of urea groups is 1. The van der Waals surface area contributed by atoms with E-state index in [9.17, 15) is 14.4 Å². The highest BCUT2D eigenvalue weighted by Crippen LogP contribution is 2.38. The molecule has 36 heavy (non-hydrogen) atoms. The maximum atomic E-state index is 13.3. The number of amides is 4. The molecule has 0 radical (unpaired) electrons. The molecule has 7 nitrogen and oxygen atoms in total. The fraction of sp³-hybridized carbons (Fsp3) is 0.148. The van der Waals surface area contributed by atoms with Crippen molar-refractivity contribution in [2.24, 2.45) is 0 Å². The van der Waals surface area contributed by atoms with E-state index >= 15 is 0 Å². The molecule has 4 amide bonds. The Bertz CT molecular complexity index is 1370.